The van der Waals surface area contributed by atoms with Crippen LogP contribution in [-0.4, -0.2) is 139 Å². The molecule has 0 aromatic rings. The first-order valence-corrected chi connectivity index (χ1v) is 9.19. The van der Waals surface area contributed by atoms with Gasteiger partial charge in [0.15, 0.2) is 18.7 Å². The van der Waals surface area contributed by atoms with E-state index in [4.69, 9.17) is 34.3 Å². The Hall–Kier alpha value is -1.50. The minimum Gasteiger partial charge on any atom is -0.481 e. The highest BCUT2D eigenvalue weighted by Gasteiger charge is 2.48. The van der Waals surface area contributed by atoms with Crippen molar-refractivity contribution in [2.45, 2.75) is 73.9 Å². The van der Waals surface area contributed by atoms with Crippen molar-refractivity contribution in [2.24, 2.45) is 0 Å². The van der Waals surface area contributed by atoms with Crippen LogP contribution in [0, 0.1) is 0 Å². The molecule has 0 saturated carbocycles. The monoisotopic (exact) mass is 458 g/mol. The maximum absolute atomic E-state index is 11.2. The van der Waals surface area contributed by atoms with E-state index in [2.05, 4.69) is 0 Å². The Morgan fingerprint density at radius 3 is 1.81 bits per heavy atom. The van der Waals surface area contributed by atoms with E-state index < -0.39 is 99.1 Å². The smallest absolute Gasteiger partial charge is 0.333 e. The number of ether oxygens (including phenoxy) is 4. The van der Waals surface area contributed by atoms with Gasteiger partial charge >= 0.3 is 11.9 Å². The molecule has 2 aliphatic heterocycles. The Morgan fingerprint density at radius 1 is 0.774 bits per heavy atom. The Bertz CT molecular complexity index is 614. The topological polar surface area (TPSA) is 253 Å². The molecule has 2 rings (SSSR count). The molecule has 11 unspecified atom stereocenters. The molecular formula is C16H26O15. The lowest BCUT2D eigenvalue weighted by atomic mass is 9.98. The highest BCUT2D eigenvalue weighted by atomic mass is 16.7. The third-order valence-electron chi connectivity index (χ3n) is 4.88. The lowest BCUT2D eigenvalue weighted by molar-refractivity contribution is -0.334. The van der Waals surface area contributed by atoms with Gasteiger partial charge in [0.1, 0.15) is 48.8 Å². The molecule has 2 aliphatic rings. The third-order valence-corrected chi connectivity index (χ3v) is 4.88. The first kappa shape index (κ1) is 25.8. The maximum Gasteiger partial charge on any atom is 0.333 e. The van der Waals surface area contributed by atoms with Crippen molar-refractivity contribution >= 4 is 11.9 Å². The number of carboxylic acids is 2. The fraction of sp³-hybridized carbons (Fsp3) is 0.875. The van der Waals surface area contributed by atoms with Crippen molar-refractivity contribution < 1.29 is 74.5 Å². The Balaban J connectivity index is 2.04. The second-order valence-corrected chi connectivity index (χ2v) is 7.11. The standard InChI is InChI=1S/C16H26O15/c17-2-5-8(20)10(22)12(24)15(30-5)28-3-6-9(21)11(23)13(25)16(31-6)29-4(14(26)27)1-7(18)19/h4-6,8-13,15-17,20-25H,1-3H2,(H,18,19)(H,26,27). The predicted octanol–water partition coefficient (Wildman–Crippen LogP) is -5.44. The van der Waals surface area contributed by atoms with Crippen molar-refractivity contribution in [2.75, 3.05) is 13.2 Å². The van der Waals surface area contributed by atoms with Crippen LogP contribution in [0.2, 0.25) is 0 Å². The summed E-state index contributed by atoms with van der Waals surface area (Å²) in [7, 11) is 0. The highest BCUT2D eigenvalue weighted by Crippen LogP contribution is 2.26. The van der Waals surface area contributed by atoms with E-state index in [0.29, 0.717) is 0 Å². The molecule has 0 radical (unpaired) electrons. The lowest BCUT2D eigenvalue weighted by Crippen LogP contribution is -2.62. The number of aliphatic hydroxyl groups is 7. The lowest BCUT2D eigenvalue weighted by Gasteiger charge is -2.43. The van der Waals surface area contributed by atoms with Crippen LogP contribution in [0.4, 0.5) is 0 Å². The summed E-state index contributed by atoms with van der Waals surface area (Å²) in [4.78, 5) is 21.9. The zero-order valence-electron chi connectivity index (χ0n) is 15.9. The van der Waals surface area contributed by atoms with Crippen LogP contribution in [0.1, 0.15) is 6.42 Å². The molecule has 2 saturated heterocycles. The van der Waals surface area contributed by atoms with E-state index in [0.717, 1.165) is 0 Å². The van der Waals surface area contributed by atoms with Crippen LogP contribution in [0.3, 0.4) is 0 Å². The van der Waals surface area contributed by atoms with Gasteiger partial charge in [0, 0.05) is 0 Å². The first-order valence-electron chi connectivity index (χ1n) is 9.19. The number of carbonyl (C=O) groups is 2. The van der Waals surface area contributed by atoms with Gasteiger partial charge in [0.05, 0.1) is 19.6 Å². The van der Waals surface area contributed by atoms with Gasteiger partial charge in [-0.2, -0.15) is 0 Å². The Kier molecular flexibility index (Phi) is 9.04. The molecule has 31 heavy (non-hydrogen) atoms. The molecule has 15 heteroatoms. The molecule has 2 heterocycles. The number of rotatable bonds is 9. The normalized spacial score (nSPS) is 42.2. The van der Waals surface area contributed by atoms with Crippen LogP contribution in [-0.2, 0) is 28.5 Å². The second kappa shape index (κ2) is 10.9. The quantitative estimate of drug-likeness (QED) is 0.156. The zero-order chi connectivity index (χ0) is 23.5. The molecule has 0 aromatic carbocycles. The van der Waals surface area contributed by atoms with Gasteiger partial charge in [0.25, 0.3) is 0 Å². The third kappa shape index (κ3) is 6.05. The summed E-state index contributed by atoms with van der Waals surface area (Å²) in [6.07, 6.45) is -19.8. The van der Waals surface area contributed by atoms with E-state index in [1.165, 1.54) is 0 Å². The number of aliphatic hydroxyl groups excluding tert-OH is 7. The summed E-state index contributed by atoms with van der Waals surface area (Å²) in [5.74, 6) is -3.19. The largest absolute Gasteiger partial charge is 0.481 e. The minimum atomic E-state index is -1.94. The van der Waals surface area contributed by atoms with Gasteiger partial charge < -0.3 is 64.9 Å². The molecule has 180 valence electrons. The maximum atomic E-state index is 11.2. The molecular weight excluding hydrogens is 432 g/mol. The molecule has 0 spiro atoms. The summed E-state index contributed by atoms with van der Waals surface area (Å²) < 4.78 is 20.5. The molecule has 0 aliphatic carbocycles. The number of hydrogen-bond donors (Lipinski definition) is 9. The van der Waals surface area contributed by atoms with E-state index >= 15 is 0 Å². The summed E-state index contributed by atoms with van der Waals surface area (Å²) in [6.45, 7) is -1.36. The average Bonchev–Trinajstić information content (AvgIpc) is 2.71. The summed E-state index contributed by atoms with van der Waals surface area (Å²) in [5.41, 5.74) is 0. The molecule has 0 aromatic heterocycles. The van der Waals surface area contributed by atoms with E-state index in [-0.39, 0.29) is 0 Å². The number of hydrogen-bond acceptors (Lipinski definition) is 13. The highest BCUT2D eigenvalue weighted by molar-refractivity contribution is 5.79. The van der Waals surface area contributed by atoms with Gasteiger partial charge in [0.2, 0.25) is 0 Å². The van der Waals surface area contributed by atoms with Gasteiger partial charge in [-0.3, -0.25) is 4.79 Å². The fourth-order valence-electron chi connectivity index (χ4n) is 3.08. The first-order chi connectivity index (χ1) is 14.5. The summed E-state index contributed by atoms with van der Waals surface area (Å²) in [6, 6.07) is 0. The molecule has 9 N–H and O–H groups in total. The summed E-state index contributed by atoms with van der Waals surface area (Å²) >= 11 is 0. The van der Waals surface area contributed by atoms with Gasteiger partial charge in [-0.15, -0.1) is 0 Å². The Morgan fingerprint density at radius 2 is 1.29 bits per heavy atom. The van der Waals surface area contributed by atoms with Crippen LogP contribution in [0.5, 0.6) is 0 Å². The zero-order valence-corrected chi connectivity index (χ0v) is 15.9. The van der Waals surface area contributed by atoms with Crippen LogP contribution < -0.4 is 0 Å². The predicted molar refractivity (Wildman–Crippen MR) is 91.2 cm³/mol. The molecule has 15 nitrogen and oxygen atoms in total. The minimum absolute atomic E-state index is 0.649. The van der Waals surface area contributed by atoms with E-state index in [1.807, 2.05) is 0 Å². The summed E-state index contributed by atoms with van der Waals surface area (Å²) in [5, 5.41) is 86.5. The van der Waals surface area contributed by atoms with Crippen LogP contribution >= 0.6 is 0 Å². The van der Waals surface area contributed by atoms with E-state index in [1.54, 1.807) is 0 Å². The molecule has 2 fully saturated rings. The van der Waals surface area contributed by atoms with Crippen LogP contribution in [0.25, 0.3) is 0 Å². The SMILES string of the molecule is O=C(O)CC(OC1OC(COC2OC(CO)C(O)C(O)C2O)C(O)C(O)C1O)C(=O)O. The Labute approximate surface area is 174 Å². The van der Waals surface area contributed by atoms with Gasteiger partial charge in [-0.1, -0.05) is 0 Å². The van der Waals surface area contributed by atoms with Crippen molar-refractivity contribution in [3.05, 3.63) is 0 Å². The molecule has 0 amide bonds. The van der Waals surface area contributed by atoms with Crippen LogP contribution in [0.15, 0.2) is 0 Å². The van der Waals surface area contributed by atoms with Crippen molar-refractivity contribution in [1.82, 2.24) is 0 Å². The fourth-order valence-corrected chi connectivity index (χ4v) is 3.08. The average molecular weight is 458 g/mol. The van der Waals surface area contributed by atoms with Gasteiger partial charge in [-0.25, -0.2) is 4.79 Å². The number of carboxylic acid groups (broad SMARTS) is 2. The molecule has 0 bridgehead atoms. The van der Waals surface area contributed by atoms with E-state index in [9.17, 15) is 40.2 Å². The molecule has 11 atom stereocenters. The second-order valence-electron chi connectivity index (χ2n) is 7.11. The van der Waals surface area contributed by atoms with Crippen molar-refractivity contribution in [3.8, 4) is 0 Å². The number of aliphatic carboxylic acids is 2. The van der Waals surface area contributed by atoms with Gasteiger partial charge in [-0.05, 0) is 0 Å². The van der Waals surface area contributed by atoms with Crippen molar-refractivity contribution in [3.63, 3.8) is 0 Å². The van der Waals surface area contributed by atoms with Crippen molar-refractivity contribution in [1.29, 1.82) is 0 Å².